The van der Waals surface area contributed by atoms with Gasteiger partial charge in [-0.2, -0.15) is 0 Å². The number of aryl methyl sites for hydroxylation is 1. The number of pyridine rings is 1. The topological polar surface area (TPSA) is 42.8 Å². The fourth-order valence-corrected chi connectivity index (χ4v) is 2.18. The molecule has 92 valence electrons. The van der Waals surface area contributed by atoms with E-state index in [4.69, 9.17) is 17.0 Å². The van der Waals surface area contributed by atoms with Gasteiger partial charge in [-0.3, -0.25) is 4.57 Å². The average Bonchev–Trinajstić information content (AvgIpc) is 2.55. The van der Waals surface area contributed by atoms with Crippen LogP contribution < -0.4 is 0 Å². The molecule has 0 saturated carbocycles. The van der Waals surface area contributed by atoms with Crippen molar-refractivity contribution in [2.75, 3.05) is 6.61 Å². The van der Waals surface area contributed by atoms with Gasteiger partial charge in [-0.15, -0.1) is 0 Å². The Morgan fingerprint density at radius 2 is 2.35 bits per heavy atom. The Morgan fingerprint density at radius 3 is 3.06 bits per heavy atom. The van der Waals surface area contributed by atoms with E-state index < -0.39 is 0 Å². The van der Waals surface area contributed by atoms with Crippen LogP contribution in [0.3, 0.4) is 0 Å². The molecule has 1 N–H and O–H groups in total. The van der Waals surface area contributed by atoms with E-state index in [-0.39, 0.29) is 6.10 Å². The normalized spacial score (nSPS) is 13.1. The van der Waals surface area contributed by atoms with E-state index in [1.54, 1.807) is 0 Å². The summed E-state index contributed by atoms with van der Waals surface area (Å²) in [6.07, 6.45) is 1.99. The SMILES string of the molecule is CCOC(C)Cn1c(=S)[nH]c2cc(C)cnc21. The van der Waals surface area contributed by atoms with Crippen molar-refractivity contribution in [3.05, 3.63) is 22.6 Å². The van der Waals surface area contributed by atoms with Crippen LogP contribution in [0.25, 0.3) is 11.2 Å². The van der Waals surface area contributed by atoms with Gasteiger partial charge in [0.1, 0.15) is 0 Å². The van der Waals surface area contributed by atoms with Gasteiger partial charge in [0.25, 0.3) is 0 Å². The van der Waals surface area contributed by atoms with Crippen LogP contribution in [0.2, 0.25) is 0 Å². The highest BCUT2D eigenvalue weighted by molar-refractivity contribution is 7.71. The first kappa shape index (κ1) is 12.3. The van der Waals surface area contributed by atoms with E-state index in [1.165, 1.54) is 0 Å². The van der Waals surface area contributed by atoms with E-state index in [0.717, 1.165) is 23.3 Å². The monoisotopic (exact) mass is 251 g/mol. The van der Waals surface area contributed by atoms with Crippen LogP contribution in [-0.4, -0.2) is 27.2 Å². The van der Waals surface area contributed by atoms with Gasteiger partial charge in [0.2, 0.25) is 0 Å². The highest BCUT2D eigenvalue weighted by Crippen LogP contribution is 2.14. The van der Waals surface area contributed by atoms with E-state index >= 15 is 0 Å². The number of aromatic nitrogens is 3. The zero-order valence-electron chi connectivity index (χ0n) is 10.4. The molecule has 0 fully saturated rings. The number of imidazole rings is 1. The summed E-state index contributed by atoms with van der Waals surface area (Å²) >= 11 is 5.31. The lowest BCUT2D eigenvalue weighted by Crippen LogP contribution is -2.16. The summed E-state index contributed by atoms with van der Waals surface area (Å²) in [4.78, 5) is 7.60. The number of fused-ring (bicyclic) bond motifs is 1. The van der Waals surface area contributed by atoms with E-state index in [1.807, 2.05) is 31.5 Å². The molecule has 0 bridgehead atoms. The second-order valence-electron chi connectivity index (χ2n) is 4.19. The summed E-state index contributed by atoms with van der Waals surface area (Å²) in [6, 6.07) is 2.06. The molecule has 0 amide bonds. The smallest absolute Gasteiger partial charge is 0.179 e. The summed E-state index contributed by atoms with van der Waals surface area (Å²) in [6.45, 7) is 7.49. The highest BCUT2D eigenvalue weighted by Gasteiger charge is 2.09. The second kappa shape index (κ2) is 4.98. The zero-order valence-corrected chi connectivity index (χ0v) is 11.2. The minimum Gasteiger partial charge on any atom is -0.377 e. The molecular weight excluding hydrogens is 234 g/mol. The Morgan fingerprint density at radius 1 is 1.59 bits per heavy atom. The van der Waals surface area contributed by atoms with Crippen molar-refractivity contribution in [2.45, 2.75) is 33.4 Å². The standard InChI is InChI=1S/C12H17N3OS/c1-4-16-9(3)7-15-11-10(14-12(15)17)5-8(2)6-13-11/h5-6,9H,4,7H2,1-3H3,(H,14,17). The quantitative estimate of drug-likeness (QED) is 0.850. The maximum absolute atomic E-state index is 5.53. The predicted octanol–water partition coefficient (Wildman–Crippen LogP) is 2.83. The molecule has 0 saturated heterocycles. The van der Waals surface area contributed by atoms with Crippen molar-refractivity contribution in [2.24, 2.45) is 0 Å². The van der Waals surface area contributed by atoms with Gasteiger partial charge >= 0.3 is 0 Å². The molecular formula is C12H17N3OS. The van der Waals surface area contributed by atoms with Crippen molar-refractivity contribution < 1.29 is 4.74 Å². The second-order valence-corrected chi connectivity index (χ2v) is 4.58. The number of aromatic amines is 1. The Bertz CT molecular complexity index is 573. The molecule has 2 heterocycles. The van der Waals surface area contributed by atoms with Crippen LogP contribution in [0.15, 0.2) is 12.3 Å². The molecule has 4 nitrogen and oxygen atoms in total. The molecule has 0 radical (unpaired) electrons. The number of hydrogen-bond donors (Lipinski definition) is 1. The van der Waals surface area contributed by atoms with Gasteiger partial charge in [-0.05, 0) is 44.6 Å². The molecule has 2 aromatic rings. The number of hydrogen-bond acceptors (Lipinski definition) is 3. The molecule has 17 heavy (non-hydrogen) atoms. The van der Waals surface area contributed by atoms with Crippen LogP contribution in [-0.2, 0) is 11.3 Å². The van der Waals surface area contributed by atoms with Gasteiger partial charge in [-0.1, -0.05) is 0 Å². The first-order valence-electron chi connectivity index (χ1n) is 5.78. The fraction of sp³-hybridized carbons (Fsp3) is 0.500. The number of H-pyrrole nitrogens is 1. The van der Waals surface area contributed by atoms with Gasteiger partial charge in [-0.25, -0.2) is 4.98 Å². The fourth-order valence-electron chi connectivity index (χ4n) is 1.91. The van der Waals surface area contributed by atoms with Gasteiger partial charge < -0.3 is 9.72 Å². The van der Waals surface area contributed by atoms with Gasteiger partial charge in [0.15, 0.2) is 10.4 Å². The molecule has 0 spiro atoms. The largest absolute Gasteiger partial charge is 0.377 e. The van der Waals surface area contributed by atoms with Crippen LogP contribution in [0.1, 0.15) is 19.4 Å². The zero-order chi connectivity index (χ0) is 12.4. The summed E-state index contributed by atoms with van der Waals surface area (Å²) in [7, 11) is 0. The molecule has 0 aliphatic heterocycles. The van der Waals surface area contributed by atoms with Gasteiger partial charge in [0, 0.05) is 12.8 Å². The average molecular weight is 251 g/mol. The third-order valence-electron chi connectivity index (χ3n) is 2.64. The van der Waals surface area contributed by atoms with E-state index in [0.29, 0.717) is 11.4 Å². The molecule has 0 aliphatic rings. The minimum absolute atomic E-state index is 0.133. The van der Waals surface area contributed by atoms with E-state index in [9.17, 15) is 0 Å². The maximum atomic E-state index is 5.53. The minimum atomic E-state index is 0.133. The Kier molecular flexibility index (Phi) is 3.59. The van der Waals surface area contributed by atoms with Crippen molar-refractivity contribution in [1.29, 1.82) is 0 Å². The number of ether oxygens (including phenoxy) is 1. The van der Waals surface area contributed by atoms with Crippen LogP contribution in [0.5, 0.6) is 0 Å². The van der Waals surface area contributed by atoms with Crippen LogP contribution in [0.4, 0.5) is 0 Å². The lowest BCUT2D eigenvalue weighted by atomic mass is 10.3. The maximum Gasteiger partial charge on any atom is 0.179 e. The number of nitrogens with zero attached hydrogens (tertiary/aromatic N) is 2. The Hall–Kier alpha value is -1.20. The summed E-state index contributed by atoms with van der Waals surface area (Å²) in [5.74, 6) is 0. The molecule has 2 rings (SSSR count). The van der Waals surface area contributed by atoms with Crippen molar-refractivity contribution in [1.82, 2.24) is 14.5 Å². The van der Waals surface area contributed by atoms with Gasteiger partial charge in [0.05, 0.1) is 18.2 Å². The number of rotatable bonds is 4. The molecule has 2 aromatic heterocycles. The van der Waals surface area contributed by atoms with Crippen molar-refractivity contribution in [3.63, 3.8) is 0 Å². The summed E-state index contributed by atoms with van der Waals surface area (Å²) < 4.78 is 8.22. The third kappa shape index (κ3) is 2.56. The highest BCUT2D eigenvalue weighted by atomic mass is 32.1. The molecule has 1 atom stereocenters. The molecule has 0 aliphatic carbocycles. The third-order valence-corrected chi connectivity index (χ3v) is 2.96. The Balaban J connectivity index is 2.40. The van der Waals surface area contributed by atoms with Crippen LogP contribution in [0, 0.1) is 11.7 Å². The number of nitrogens with one attached hydrogen (secondary N) is 1. The first-order chi connectivity index (χ1) is 8.11. The van der Waals surface area contributed by atoms with Crippen molar-refractivity contribution >= 4 is 23.4 Å². The van der Waals surface area contributed by atoms with Crippen molar-refractivity contribution in [3.8, 4) is 0 Å². The molecule has 1 unspecified atom stereocenters. The Labute approximate surface area is 106 Å². The lowest BCUT2D eigenvalue weighted by molar-refractivity contribution is 0.0644. The lowest BCUT2D eigenvalue weighted by Gasteiger charge is -2.12. The first-order valence-corrected chi connectivity index (χ1v) is 6.19. The molecule has 5 heteroatoms. The van der Waals surface area contributed by atoms with Crippen LogP contribution >= 0.6 is 12.2 Å². The summed E-state index contributed by atoms with van der Waals surface area (Å²) in [5.41, 5.74) is 3.00. The predicted molar refractivity (Wildman–Crippen MR) is 70.7 cm³/mol. The summed E-state index contributed by atoms with van der Waals surface area (Å²) in [5, 5.41) is 0. The van der Waals surface area contributed by atoms with E-state index in [2.05, 4.69) is 16.0 Å². The molecule has 0 aromatic carbocycles.